The van der Waals surface area contributed by atoms with Crippen LogP contribution in [0.3, 0.4) is 0 Å². The minimum Gasteiger partial charge on any atom is -0.334 e. The van der Waals surface area contributed by atoms with Crippen LogP contribution in [-0.4, -0.2) is 18.6 Å². The Kier molecular flexibility index (Phi) is 3.54. The third-order valence-corrected chi connectivity index (χ3v) is 6.72. The second kappa shape index (κ2) is 5.39. The van der Waals surface area contributed by atoms with Crippen LogP contribution < -0.4 is 5.14 Å². The van der Waals surface area contributed by atoms with E-state index in [1.807, 2.05) is 13.0 Å². The summed E-state index contributed by atoms with van der Waals surface area (Å²) >= 11 is 0. The van der Waals surface area contributed by atoms with Crippen molar-refractivity contribution < 1.29 is 12.9 Å². The molecule has 0 amide bonds. The van der Waals surface area contributed by atoms with Crippen LogP contribution in [0.25, 0.3) is 11.5 Å². The van der Waals surface area contributed by atoms with Gasteiger partial charge in [-0.1, -0.05) is 11.6 Å². The molecule has 1 heterocycles. The molecule has 7 heteroatoms. The smallest absolute Gasteiger partial charge is 0.257 e. The highest BCUT2D eigenvalue weighted by Crippen LogP contribution is 2.52. The second-order valence-corrected chi connectivity index (χ2v) is 8.73. The first-order chi connectivity index (χ1) is 11.3. The monoisotopic (exact) mass is 347 g/mol. The van der Waals surface area contributed by atoms with Crippen molar-refractivity contribution in [2.45, 2.75) is 50.3 Å². The van der Waals surface area contributed by atoms with Crippen molar-refractivity contribution in [1.82, 2.24) is 10.1 Å². The number of nitrogens with zero attached hydrogens (tertiary/aromatic N) is 2. The molecule has 6 nitrogen and oxygen atoms in total. The van der Waals surface area contributed by atoms with E-state index < -0.39 is 10.0 Å². The fourth-order valence-electron chi connectivity index (χ4n) is 4.31. The Hall–Kier alpha value is -1.73. The Morgan fingerprint density at radius 1 is 1.21 bits per heavy atom. The van der Waals surface area contributed by atoms with Gasteiger partial charge in [0.1, 0.15) is 0 Å². The molecule has 0 spiro atoms. The lowest BCUT2D eigenvalue weighted by Gasteiger charge is -2.17. The fourth-order valence-corrected chi connectivity index (χ4v) is 5.19. The van der Waals surface area contributed by atoms with E-state index in [0.717, 1.165) is 23.7 Å². The van der Waals surface area contributed by atoms with E-state index in [1.165, 1.54) is 25.3 Å². The molecule has 4 rings (SSSR count). The molecule has 2 aliphatic rings. The van der Waals surface area contributed by atoms with Crippen LogP contribution in [-0.2, 0) is 10.0 Å². The molecule has 24 heavy (non-hydrogen) atoms. The zero-order valence-electron chi connectivity index (χ0n) is 13.8. The molecule has 2 fully saturated rings. The molecule has 1 aromatic heterocycles. The highest BCUT2D eigenvalue weighted by atomic mass is 32.2. The summed E-state index contributed by atoms with van der Waals surface area (Å²) in [7, 11) is -3.79. The highest BCUT2D eigenvalue weighted by molar-refractivity contribution is 7.89. The molecule has 2 bridgehead atoms. The maximum atomic E-state index is 11.8. The van der Waals surface area contributed by atoms with Crippen LogP contribution in [0.15, 0.2) is 21.6 Å². The second-order valence-electron chi connectivity index (χ2n) is 7.20. The summed E-state index contributed by atoms with van der Waals surface area (Å²) in [5.74, 6) is 2.97. The van der Waals surface area contributed by atoms with Gasteiger partial charge in [-0.15, -0.1) is 0 Å². The van der Waals surface area contributed by atoms with Crippen molar-refractivity contribution in [3.63, 3.8) is 0 Å². The number of hydrogen-bond donors (Lipinski definition) is 1. The number of hydrogen-bond acceptors (Lipinski definition) is 5. The summed E-state index contributed by atoms with van der Waals surface area (Å²) in [4.78, 5) is 4.67. The van der Waals surface area contributed by atoms with Crippen LogP contribution in [0, 0.1) is 25.7 Å². The minimum atomic E-state index is -3.79. The number of fused-ring (bicyclic) bond motifs is 2. The van der Waals surface area contributed by atoms with Crippen molar-refractivity contribution in [2.75, 3.05) is 0 Å². The molecular weight excluding hydrogens is 326 g/mol. The predicted octanol–water partition coefficient (Wildman–Crippen LogP) is 2.90. The van der Waals surface area contributed by atoms with E-state index in [9.17, 15) is 8.42 Å². The van der Waals surface area contributed by atoms with E-state index in [0.29, 0.717) is 28.9 Å². The lowest BCUT2D eigenvalue weighted by molar-refractivity contribution is 0.372. The van der Waals surface area contributed by atoms with Crippen molar-refractivity contribution in [2.24, 2.45) is 17.0 Å². The number of nitrogens with two attached hydrogens (primary N) is 1. The van der Waals surface area contributed by atoms with E-state index in [2.05, 4.69) is 10.1 Å². The zero-order chi connectivity index (χ0) is 17.1. The number of rotatable bonds is 3. The van der Waals surface area contributed by atoms with Crippen LogP contribution in [0.5, 0.6) is 0 Å². The number of benzene rings is 1. The van der Waals surface area contributed by atoms with Crippen molar-refractivity contribution >= 4 is 10.0 Å². The first kappa shape index (κ1) is 15.8. The van der Waals surface area contributed by atoms with E-state index in [1.54, 1.807) is 6.92 Å². The first-order valence-corrected chi connectivity index (χ1v) is 9.85. The maximum absolute atomic E-state index is 11.8. The average Bonchev–Trinajstić information content (AvgIpc) is 3.23. The summed E-state index contributed by atoms with van der Waals surface area (Å²) in [6.07, 6.45) is 4.98. The quantitative estimate of drug-likeness (QED) is 0.920. The van der Waals surface area contributed by atoms with Gasteiger partial charge in [-0.2, -0.15) is 4.98 Å². The van der Waals surface area contributed by atoms with Crippen LogP contribution in [0.1, 0.15) is 48.6 Å². The molecule has 2 aliphatic carbocycles. The molecule has 0 radical (unpaired) electrons. The number of sulfonamides is 1. The maximum Gasteiger partial charge on any atom is 0.257 e. The van der Waals surface area contributed by atoms with E-state index >= 15 is 0 Å². The summed E-state index contributed by atoms with van der Waals surface area (Å²) in [6, 6.07) is 3.39. The average molecular weight is 347 g/mol. The third-order valence-electron chi connectivity index (χ3n) is 5.68. The van der Waals surface area contributed by atoms with Gasteiger partial charge in [-0.3, -0.25) is 0 Å². The van der Waals surface area contributed by atoms with Gasteiger partial charge in [0.15, 0.2) is 5.82 Å². The molecule has 2 aromatic rings. The van der Waals surface area contributed by atoms with Crippen LogP contribution >= 0.6 is 0 Å². The van der Waals surface area contributed by atoms with Gasteiger partial charge in [0.25, 0.3) is 5.89 Å². The summed E-state index contributed by atoms with van der Waals surface area (Å²) in [5, 5.41) is 9.50. The lowest BCUT2D eigenvalue weighted by Crippen LogP contribution is -2.14. The first-order valence-electron chi connectivity index (χ1n) is 8.31. The lowest BCUT2D eigenvalue weighted by atomic mass is 9.88. The molecule has 2 saturated carbocycles. The molecule has 0 saturated heterocycles. The van der Waals surface area contributed by atoms with Crippen LogP contribution in [0.2, 0.25) is 0 Å². The van der Waals surface area contributed by atoms with E-state index in [4.69, 9.17) is 9.66 Å². The summed E-state index contributed by atoms with van der Waals surface area (Å²) in [5.41, 5.74) is 2.08. The summed E-state index contributed by atoms with van der Waals surface area (Å²) < 4.78 is 29.0. The minimum absolute atomic E-state index is 0.108. The molecule has 3 unspecified atom stereocenters. The molecule has 1 aromatic carbocycles. The van der Waals surface area contributed by atoms with E-state index in [-0.39, 0.29) is 4.90 Å². The SMILES string of the molecule is Cc1cc(-c2nc(C3CC4CCC3C4)no2)cc(S(N)(=O)=O)c1C. The summed E-state index contributed by atoms with van der Waals surface area (Å²) in [6.45, 7) is 3.59. The highest BCUT2D eigenvalue weighted by Gasteiger charge is 2.42. The van der Waals surface area contributed by atoms with Gasteiger partial charge in [0.2, 0.25) is 10.0 Å². The van der Waals surface area contributed by atoms with Gasteiger partial charge in [-0.05, 0) is 68.2 Å². The molecule has 3 atom stereocenters. The Morgan fingerprint density at radius 3 is 2.62 bits per heavy atom. The van der Waals surface area contributed by atoms with Gasteiger partial charge < -0.3 is 4.52 Å². The Balaban J connectivity index is 1.71. The van der Waals surface area contributed by atoms with Crippen LogP contribution in [0.4, 0.5) is 0 Å². The topological polar surface area (TPSA) is 99.1 Å². The van der Waals surface area contributed by atoms with Gasteiger partial charge in [0.05, 0.1) is 4.90 Å². The molecule has 0 aliphatic heterocycles. The Bertz CT molecular complexity index is 904. The van der Waals surface area contributed by atoms with Gasteiger partial charge in [0, 0.05) is 11.5 Å². The predicted molar refractivity (Wildman–Crippen MR) is 88.8 cm³/mol. The van der Waals surface area contributed by atoms with Crippen molar-refractivity contribution in [3.8, 4) is 11.5 Å². The third kappa shape index (κ3) is 2.56. The molecular formula is C17H21N3O3S. The standard InChI is InChI=1S/C17H21N3O3S/c1-9-5-13(8-15(10(9)2)24(18,21)22)17-19-16(20-23-17)14-7-11-3-4-12(14)6-11/h5,8,11-12,14H,3-4,6-7H2,1-2H3,(H2,18,21,22). The van der Waals surface area contributed by atoms with Crippen molar-refractivity contribution in [3.05, 3.63) is 29.1 Å². The largest absolute Gasteiger partial charge is 0.334 e. The molecule has 128 valence electrons. The number of primary sulfonamides is 1. The van der Waals surface area contributed by atoms with Gasteiger partial charge >= 0.3 is 0 Å². The Morgan fingerprint density at radius 2 is 2.00 bits per heavy atom. The molecule has 2 N–H and O–H groups in total. The fraction of sp³-hybridized carbons (Fsp3) is 0.529. The van der Waals surface area contributed by atoms with Gasteiger partial charge in [-0.25, -0.2) is 13.6 Å². The van der Waals surface area contributed by atoms with Crippen molar-refractivity contribution in [1.29, 1.82) is 0 Å². The zero-order valence-corrected chi connectivity index (χ0v) is 14.6. The Labute approximate surface area is 141 Å². The normalized spacial score (nSPS) is 26.2. The number of aromatic nitrogens is 2. The number of aryl methyl sites for hydroxylation is 1.